The Labute approximate surface area is 185 Å². The second-order valence-corrected chi connectivity index (χ2v) is 9.44. The summed E-state index contributed by atoms with van der Waals surface area (Å²) in [5.41, 5.74) is 4.93. The average Bonchev–Trinajstić information content (AvgIpc) is 3.34. The van der Waals surface area contributed by atoms with Crippen molar-refractivity contribution in [2.75, 3.05) is 32.7 Å². The lowest BCUT2D eigenvalue weighted by Gasteiger charge is -2.43. The average molecular weight is 420 g/mol. The summed E-state index contributed by atoms with van der Waals surface area (Å²) in [5, 5.41) is 0. The van der Waals surface area contributed by atoms with E-state index in [2.05, 4.69) is 49.8 Å². The van der Waals surface area contributed by atoms with Gasteiger partial charge >= 0.3 is 0 Å². The molecule has 1 saturated carbocycles. The van der Waals surface area contributed by atoms with Crippen LogP contribution in [-0.2, 0) is 17.8 Å². The molecule has 6 heteroatoms. The van der Waals surface area contributed by atoms with E-state index in [0.717, 1.165) is 56.3 Å². The van der Waals surface area contributed by atoms with Gasteiger partial charge in [0.25, 0.3) is 0 Å². The maximum atomic E-state index is 13.0. The molecule has 31 heavy (non-hydrogen) atoms. The summed E-state index contributed by atoms with van der Waals surface area (Å²) in [6.07, 6.45) is 11.7. The number of rotatable bonds is 4. The van der Waals surface area contributed by atoms with Gasteiger partial charge in [0.05, 0.1) is 6.54 Å². The molecule has 0 bridgehead atoms. The minimum absolute atomic E-state index is 0.291. The SMILES string of the molecule is C[C@H]1CN(C(=O)CN2CCc3cc(-c4cncnc4)ccc3C2)CCN1C1CCCC1. The second-order valence-electron chi connectivity index (χ2n) is 9.44. The van der Waals surface area contributed by atoms with E-state index in [1.807, 2.05) is 12.4 Å². The molecule has 3 heterocycles. The van der Waals surface area contributed by atoms with E-state index >= 15 is 0 Å². The third-order valence-electron chi connectivity index (χ3n) is 7.38. The van der Waals surface area contributed by atoms with E-state index in [4.69, 9.17) is 0 Å². The number of piperazine rings is 1. The van der Waals surface area contributed by atoms with Gasteiger partial charge in [-0.15, -0.1) is 0 Å². The summed E-state index contributed by atoms with van der Waals surface area (Å²) in [5.74, 6) is 0.291. The van der Waals surface area contributed by atoms with E-state index in [0.29, 0.717) is 18.5 Å². The highest BCUT2D eigenvalue weighted by Crippen LogP contribution is 2.28. The molecule has 2 fully saturated rings. The van der Waals surface area contributed by atoms with Crippen molar-refractivity contribution in [2.45, 2.75) is 57.7 Å². The Balaban J connectivity index is 1.17. The van der Waals surface area contributed by atoms with Crippen LogP contribution in [0, 0.1) is 0 Å². The number of carbonyl (C=O) groups excluding carboxylic acids is 1. The molecule has 5 rings (SSSR count). The Morgan fingerprint density at radius 2 is 1.84 bits per heavy atom. The number of hydrogen-bond donors (Lipinski definition) is 0. The van der Waals surface area contributed by atoms with Crippen molar-refractivity contribution in [3.05, 3.63) is 48.0 Å². The molecule has 164 valence electrons. The predicted molar refractivity (Wildman–Crippen MR) is 121 cm³/mol. The van der Waals surface area contributed by atoms with Crippen LogP contribution in [0.1, 0.15) is 43.7 Å². The Morgan fingerprint density at radius 1 is 1.03 bits per heavy atom. The quantitative estimate of drug-likeness (QED) is 0.763. The molecular weight excluding hydrogens is 386 g/mol. The zero-order valence-corrected chi connectivity index (χ0v) is 18.5. The molecule has 0 spiro atoms. The molecule has 0 radical (unpaired) electrons. The first-order valence-corrected chi connectivity index (χ1v) is 11.8. The summed E-state index contributed by atoms with van der Waals surface area (Å²) in [6, 6.07) is 7.84. The lowest BCUT2D eigenvalue weighted by atomic mass is 9.95. The van der Waals surface area contributed by atoms with Crippen LogP contribution >= 0.6 is 0 Å². The van der Waals surface area contributed by atoms with Crippen molar-refractivity contribution in [3.63, 3.8) is 0 Å². The largest absolute Gasteiger partial charge is 0.339 e. The first-order chi connectivity index (χ1) is 15.2. The van der Waals surface area contributed by atoms with Crippen LogP contribution in [0.2, 0.25) is 0 Å². The van der Waals surface area contributed by atoms with Crippen LogP contribution in [0.5, 0.6) is 0 Å². The van der Waals surface area contributed by atoms with Gasteiger partial charge < -0.3 is 4.90 Å². The van der Waals surface area contributed by atoms with Crippen molar-refractivity contribution < 1.29 is 4.79 Å². The van der Waals surface area contributed by atoms with Crippen molar-refractivity contribution >= 4 is 5.91 Å². The van der Waals surface area contributed by atoms with Gasteiger partial charge in [0.1, 0.15) is 6.33 Å². The highest BCUT2D eigenvalue weighted by molar-refractivity contribution is 5.78. The maximum Gasteiger partial charge on any atom is 0.236 e. The zero-order chi connectivity index (χ0) is 21.2. The molecule has 2 aromatic rings. The summed E-state index contributed by atoms with van der Waals surface area (Å²) < 4.78 is 0. The zero-order valence-electron chi connectivity index (χ0n) is 18.5. The van der Waals surface area contributed by atoms with E-state index in [1.54, 1.807) is 6.33 Å². The van der Waals surface area contributed by atoms with Crippen LogP contribution in [0.15, 0.2) is 36.9 Å². The number of hydrogen-bond acceptors (Lipinski definition) is 5. The molecule has 1 amide bonds. The molecule has 6 nitrogen and oxygen atoms in total. The van der Waals surface area contributed by atoms with Gasteiger partial charge in [0, 0.05) is 62.8 Å². The highest BCUT2D eigenvalue weighted by Gasteiger charge is 2.33. The van der Waals surface area contributed by atoms with E-state index in [9.17, 15) is 4.79 Å². The van der Waals surface area contributed by atoms with E-state index in [-0.39, 0.29) is 0 Å². The van der Waals surface area contributed by atoms with E-state index in [1.165, 1.54) is 36.8 Å². The van der Waals surface area contributed by atoms with Gasteiger partial charge in [-0.2, -0.15) is 0 Å². The first-order valence-electron chi connectivity index (χ1n) is 11.8. The highest BCUT2D eigenvalue weighted by atomic mass is 16.2. The maximum absolute atomic E-state index is 13.0. The first kappa shape index (κ1) is 20.6. The van der Waals surface area contributed by atoms with Crippen molar-refractivity contribution in [1.29, 1.82) is 0 Å². The van der Waals surface area contributed by atoms with Gasteiger partial charge in [-0.25, -0.2) is 9.97 Å². The summed E-state index contributed by atoms with van der Waals surface area (Å²) in [7, 11) is 0. The van der Waals surface area contributed by atoms with Crippen LogP contribution < -0.4 is 0 Å². The molecule has 3 aliphatic rings. The van der Waals surface area contributed by atoms with Gasteiger partial charge in [-0.3, -0.25) is 14.6 Å². The fourth-order valence-electron chi connectivity index (χ4n) is 5.64. The molecule has 2 aliphatic heterocycles. The van der Waals surface area contributed by atoms with Crippen LogP contribution in [-0.4, -0.2) is 75.4 Å². The summed E-state index contributed by atoms with van der Waals surface area (Å²) in [4.78, 5) is 28.4. The Kier molecular flexibility index (Phi) is 6.01. The monoisotopic (exact) mass is 419 g/mol. The molecule has 1 aromatic carbocycles. The summed E-state index contributed by atoms with van der Waals surface area (Å²) >= 11 is 0. The smallest absolute Gasteiger partial charge is 0.236 e. The van der Waals surface area contributed by atoms with Crippen molar-refractivity contribution in [2.24, 2.45) is 0 Å². The van der Waals surface area contributed by atoms with Crippen molar-refractivity contribution in [3.8, 4) is 11.1 Å². The predicted octanol–water partition coefficient (Wildman–Crippen LogP) is 2.98. The minimum Gasteiger partial charge on any atom is -0.339 e. The lowest BCUT2D eigenvalue weighted by Crippen LogP contribution is -2.57. The van der Waals surface area contributed by atoms with Gasteiger partial charge in [0.15, 0.2) is 0 Å². The molecule has 1 aliphatic carbocycles. The number of fused-ring (bicyclic) bond motifs is 1. The summed E-state index contributed by atoms with van der Waals surface area (Å²) in [6.45, 7) is 7.41. The molecule has 1 aromatic heterocycles. The number of nitrogens with zero attached hydrogens (tertiary/aromatic N) is 5. The fraction of sp³-hybridized carbons (Fsp3) is 0.560. The third-order valence-corrected chi connectivity index (χ3v) is 7.38. The Bertz CT molecular complexity index is 911. The van der Waals surface area contributed by atoms with Crippen LogP contribution in [0.25, 0.3) is 11.1 Å². The second kappa shape index (κ2) is 9.05. The van der Waals surface area contributed by atoms with Crippen molar-refractivity contribution in [1.82, 2.24) is 24.7 Å². The Hall–Kier alpha value is -2.31. The number of aromatic nitrogens is 2. The molecular formula is C25H33N5O. The molecule has 0 N–H and O–H groups in total. The van der Waals surface area contributed by atoms with Crippen LogP contribution in [0.4, 0.5) is 0 Å². The molecule has 1 atom stereocenters. The number of carbonyl (C=O) groups is 1. The normalized spacial score (nSPS) is 23.1. The fourth-order valence-corrected chi connectivity index (χ4v) is 5.64. The van der Waals surface area contributed by atoms with Crippen LogP contribution in [0.3, 0.4) is 0 Å². The molecule has 0 unspecified atom stereocenters. The Morgan fingerprint density at radius 3 is 2.61 bits per heavy atom. The number of benzene rings is 1. The minimum atomic E-state index is 0.291. The van der Waals surface area contributed by atoms with E-state index < -0.39 is 0 Å². The van der Waals surface area contributed by atoms with Gasteiger partial charge in [-0.1, -0.05) is 31.0 Å². The standard InChI is InChI=1S/C25H33N5O/c1-19-15-29(10-11-30(19)24-4-2-3-5-24)25(31)17-28-9-8-21-12-20(6-7-22(21)16-28)23-13-26-18-27-14-23/h6-7,12-14,18-19,24H,2-5,8-11,15-17H2,1H3/t19-/m0/s1. The van der Waals surface area contributed by atoms with Gasteiger partial charge in [0.2, 0.25) is 5.91 Å². The lowest BCUT2D eigenvalue weighted by molar-refractivity contribution is -0.136. The molecule has 1 saturated heterocycles. The third kappa shape index (κ3) is 4.51. The number of amides is 1. The topological polar surface area (TPSA) is 52.6 Å². The van der Waals surface area contributed by atoms with Gasteiger partial charge in [-0.05, 0) is 42.9 Å².